The number of nitrogens with one attached hydrogen (secondary N) is 1. The summed E-state index contributed by atoms with van der Waals surface area (Å²) in [4.78, 5) is 4.16. The molecule has 2 rings (SSSR count). The normalized spacial score (nSPS) is 20.2. The minimum atomic E-state index is 0.839. The molecule has 2 heteroatoms. The predicted octanol–water partition coefficient (Wildman–Crippen LogP) is 1.41. The van der Waals surface area contributed by atoms with Crippen molar-refractivity contribution >= 4 is 0 Å². The molecule has 1 aromatic rings. The van der Waals surface area contributed by atoms with Crippen LogP contribution in [0.1, 0.15) is 17.5 Å². The van der Waals surface area contributed by atoms with Gasteiger partial charge >= 0.3 is 0 Å². The van der Waals surface area contributed by atoms with E-state index in [0.717, 1.165) is 12.5 Å². The van der Waals surface area contributed by atoms with Gasteiger partial charge in [-0.2, -0.15) is 0 Å². The third-order valence-electron chi connectivity index (χ3n) is 2.82. The fourth-order valence-corrected chi connectivity index (χ4v) is 2.09. The molecule has 1 aromatic heterocycles. The van der Waals surface area contributed by atoms with Gasteiger partial charge in [0, 0.05) is 12.4 Å². The average Bonchev–Trinajstić information content (AvgIpc) is 2.57. The van der Waals surface area contributed by atoms with E-state index in [4.69, 9.17) is 0 Å². The van der Waals surface area contributed by atoms with E-state index in [0.29, 0.717) is 0 Å². The molecule has 1 aliphatic carbocycles. The van der Waals surface area contributed by atoms with Gasteiger partial charge in [0.05, 0.1) is 0 Å². The van der Waals surface area contributed by atoms with Crippen LogP contribution in [-0.2, 0) is 12.8 Å². The SMILES string of the molecule is CNCCC1Cc2ccncc2C1. The van der Waals surface area contributed by atoms with Crippen molar-refractivity contribution in [2.45, 2.75) is 19.3 Å². The molecule has 1 aliphatic rings. The van der Waals surface area contributed by atoms with Gasteiger partial charge in [-0.1, -0.05) is 0 Å². The fraction of sp³-hybridized carbons (Fsp3) is 0.545. The van der Waals surface area contributed by atoms with Crippen LogP contribution in [0, 0.1) is 5.92 Å². The van der Waals surface area contributed by atoms with Crippen LogP contribution in [0.25, 0.3) is 0 Å². The molecule has 2 nitrogen and oxygen atoms in total. The molecular formula is C11H16N2. The quantitative estimate of drug-likeness (QED) is 0.753. The van der Waals surface area contributed by atoms with Crippen LogP contribution in [-0.4, -0.2) is 18.6 Å². The zero-order valence-corrected chi connectivity index (χ0v) is 8.09. The zero-order valence-electron chi connectivity index (χ0n) is 8.09. The first-order chi connectivity index (χ1) is 6.40. The van der Waals surface area contributed by atoms with Gasteiger partial charge in [-0.15, -0.1) is 0 Å². The number of pyridine rings is 1. The molecule has 13 heavy (non-hydrogen) atoms. The first kappa shape index (κ1) is 8.70. The van der Waals surface area contributed by atoms with E-state index < -0.39 is 0 Å². The first-order valence-corrected chi connectivity index (χ1v) is 4.96. The molecular weight excluding hydrogens is 160 g/mol. The minimum Gasteiger partial charge on any atom is -0.320 e. The van der Waals surface area contributed by atoms with Crippen LogP contribution in [0.2, 0.25) is 0 Å². The Kier molecular flexibility index (Phi) is 2.60. The Morgan fingerprint density at radius 1 is 1.46 bits per heavy atom. The summed E-state index contributed by atoms with van der Waals surface area (Å²) in [6.07, 6.45) is 7.68. The lowest BCUT2D eigenvalue weighted by molar-refractivity contribution is 0.500. The molecule has 1 unspecified atom stereocenters. The summed E-state index contributed by atoms with van der Waals surface area (Å²) in [6.45, 7) is 1.13. The largest absolute Gasteiger partial charge is 0.320 e. The molecule has 70 valence electrons. The van der Waals surface area contributed by atoms with E-state index in [2.05, 4.69) is 16.4 Å². The van der Waals surface area contributed by atoms with Crippen LogP contribution >= 0.6 is 0 Å². The summed E-state index contributed by atoms with van der Waals surface area (Å²) in [7, 11) is 2.02. The van der Waals surface area contributed by atoms with Gasteiger partial charge in [-0.3, -0.25) is 4.98 Å². The second kappa shape index (κ2) is 3.88. The summed E-state index contributed by atoms with van der Waals surface area (Å²) >= 11 is 0. The van der Waals surface area contributed by atoms with Gasteiger partial charge in [0.1, 0.15) is 0 Å². The summed E-state index contributed by atoms with van der Waals surface area (Å²) in [6, 6.07) is 2.16. The molecule has 0 saturated carbocycles. The second-order valence-electron chi connectivity index (χ2n) is 3.81. The van der Waals surface area contributed by atoms with E-state index in [1.807, 2.05) is 19.4 Å². The molecule has 1 atom stereocenters. The molecule has 0 amide bonds. The Morgan fingerprint density at radius 3 is 3.08 bits per heavy atom. The maximum atomic E-state index is 4.16. The van der Waals surface area contributed by atoms with Gasteiger partial charge in [0.15, 0.2) is 0 Å². The highest BCUT2D eigenvalue weighted by Crippen LogP contribution is 2.27. The predicted molar refractivity (Wildman–Crippen MR) is 53.7 cm³/mol. The van der Waals surface area contributed by atoms with Gasteiger partial charge in [0.2, 0.25) is 0 Å². The fourth-order valence-electron chi connectivity index (χ4n) is 2.09. The topological polar surface area (TPSA) is 24.9 Å². The van der Waals surface area contributed by atoms with Crippen molar-refractivity contribution in [2.24, 2.45) is 5.92 Å². The smallest absolute Gasteiger partial charge is 0.0302 e. The van der Waals surface area contributed by atoms with Crippen molar-refractivity contribution in [3.05, 3.63) is 29.6 Å². The highest BCUT2D eigenvalue weighted by Gasteiger charge is 2.20. The lowest BCUT2D eigenvalue weighted by atomic mass is 10.0. The first-order valence-electron chi connectivity index (χ1n) is 4.96. The number of rotatable bonds is 3. The van der Waals surface area contributed by atoms with E-state index in [1.54, 1.807) is 0 Å². The maximum absolute atomic E-state index is 4.16. The van der Waals surface area contributed by atoms with Gasteiger partial charge in [-0.05, 0) is 56.0 Å². The Labute approximate surface area is 79.4 Å². The van der Waals surface area contributed by atoms with E-state index >= 15 is 0 Å². The van der Waals surface area contributed by atoms with Crippen molar-refractivity contribution < 1.29 is 0 Å². The third-order valence-corrected chi connectivity index (χ3v) is 2.82. The molecule has 0 aromatic carbocycles. The molecule has 0 spiro atoms. The standard InChI is InChI=1S/C11H16N2/c1-12-4-2-9-6-10-3-5-13-8-11(10)7-9/h3,5,8-9,12H,2,4,6-7H2,1H3. The number of nitrogens with zero attached hydrogens (tertiary/aromatic N) is 1. The van der Waals surface area contributed by atoms with E-state index in [-0.39, 0.29) is 0 Å². The molecule has 1 N–H and O–H groups in total. The number of hydrogen-bond acceptors (Lipinski definition) is 2. The van der Waals surface area contributed by atoms with Crippen LogP contribution in [0.4, 0.5) is 0 Å². The lowest BCUT2D eigenvalue weighted by Crippen LogP contribution is -2.13. The van der Waals surface area contributed by atoms with Crippen LogP contribution in [0.15, 0.2) is 18.5 Å². The summed E-state index contributed by atoms with van der Waals surface area (Å²) in [5.41, 5.74) is 2.97. The van der Waals surface area contributed by atoms with Gasteiger partial charge < -0.3 is 5.32 Å². The zero-order chi connectivity index (χ0) is 9.10. The Morgan fingerprint density at radius 2 is 2.31 bits per heavy atom. The third kappa shape index (κ3) is 1.89. The van der Waals surface area contributed by atoms with Crippen LogP contribution in [0.3, 0.4) is 0 Å². The number of fused-ring (bicyclic) bond motifs is 1. The van der Waals surface area contributed by atoms with E-state index in [1.165, 1.54) is 30.4 Å². The Balaban J connectivity index is 1.97. The van der Waals surface area contributed by atoms with Crippen LogP contribution < -0.4 is 5.32 Å². The number of hydrogen-bond donors (Lipinski definition) is 1. The van der Waals surface area contributed by atoms with Crippen molar-refractivity contribution in [1.29, 1.82) is 0 Å². The summed E-state index contributed by atoms with van der Waals surface area (Å²) < 4.78 is 0. The molecule has 0 bridgehead atoms. The highest BCUT2D eigenvalue weighted by atomic mass is 14.8. The summed E-state index contributed by atoms with van der Waals surface area (Å²) in [5, 5.41) is 3.21. The van der Waals surface area contributed by atoms with Crippen molar-refractivity contribution in [2.75, 3.05) is 13.6 Å². The minimum absolute atomic E-state index is 0.839. The molecule has 1 heterocycles. The molecule has 0 aliphatic heterocycles. The van der Waals surface area contributed by atoms with Crippen molar-refractivity contribution in [3.63, 3.8) is 0 Å². The summed E-state index contributed by atoms with van der Waals surface area (Å²) in [5.74, 6) is 0.839. The maximum Gasteiger partial charge on any atom is 0.0302 e. The van der Waals surface area contributed by atoms with Gasteiger partial charge in [0.25, 0.3) is 0 Å². The molecule has 0 fully saturated rings. The Hall–Kier alpha value is -0.890. The molecule has 0 saturated heterocycles. The number of aromatic nitrogens is 1. The van der Waals surface area contributed by atoms with E-state index in [9.17, 15) is 0 Å². The Bertz CT molecular complexity index is 258. The monoisotopic (exact) mass is 176 g/mol. The van der Waals surface area contributed by atoms with Gasteiger partial charge in [-0.25, -0.2) is 0 Å². The van der Waals surface area contributed by atoms with Crippen molar-refractivity contribution in [3.8, 4) is 0 Å². The van der Waals surface area contributed by atoms with Crippen molar-refractivity contribution in [1.82, 2.24) is 10.3 Å². The molecule has 0 radical (unpaired) electrons. The average molecular weight is 176 g/mol. The second-order valence-corrected chi connectivity index (χ2v) is 3.81. The highest BCUT2D eigenvalue weighted by molar-refractivity contribution is 5.28. The van der Waals surface area contributed by atoms with Crippen LogP contribution in [0.5, 0.6) is 0 Å². The lowest BCUT2D eigenvalue weighted by Gasteiger charge is -2.06.